The molecule has 78 valence electrons. The third-order valence-corrected chi connectivity index (χ3v) is 2.22. The van der Waals surface area contributed by atoms with Crippen LogP contribution in [-0.2, 0) is 11.2 Å². The number of furan rings is 1. The van der Waals surface area contributed by atoms with Crippen LogP contribution in [0.1, 0.15) is 23.0 Å². The van der Waals surface area contributed by atoms with E-state index in [0.717, 1.165) is 12.2 Å². The summed E-state index contributed by atoms with van der Waals surface area (Å²) < 4.78 is 10.2. The van der Waals surface area contributed by atoms with Crippen LogP contribution < -0.4 is 0 Å². The van der Waals surface area contributed by atoms with Gasteiger partial charge in [0.25, 0.3) is 0 Å². The SMILES string of the molecule is CCc1cc2nccc(C(=O)OC)c2o1. The Hall–Kier alpha value is -1.84. The first kappa shape index (κ1) is 9.71. The van der Waals surface area contributed by atoms with Crippen molar-refractivity contribution in [2.45, 2.75) is 13.3 Å². The van der Waals surface area contributed by atoms with Crippen molar-refractivity contribution in [2.75, 3.05) is 7.11 Å². The standard InChI is InChI=1S/C11H11NO3/c1-3-7-6-9-10(15-7)8(4-5-12-9)11(13)14-2/h4-6H,3H2,1-2H3. The molecule has 0 amide bonds. The highest BCUT2D eigenvalue weighted by Gasteiger charge is 2.14. The number of aryl methyl sites for hydroxylation is 1. The Kier molecular flexibility index (Phi) is 2.41. The molecule has 0 aliphatic carbocycles. The van der Waals surface area contributed by atoms with Gasteiger partial charge in [0.2, 0.25) is 0 Å². The topological polar surface area (TPSA) is 52.3 Å². The lowest BCUT2D eigenvalue weighted by Gasteiger charge is -1.98. The number of pyridine rings is 1. The number of ether oxygens (including phenoxy) is 1. The minimum absolute atomic E-state index is 0.403. The van der Waals surface area contributed by atoms with E-state index >= 15 is 0 Å². The molecule has 0 N–H and O–H groups in total. The molecule has 0 bridgehead atoms. The van der Waals surface area contributed by atoms with E-state index in [4.69, 9.17) is 4.42 Å². The van der Waals surface area contributed by atoms with Gasteiger partial charge in [-0.1, -0.05) is 6.92 Å². The first-order valence-corrected chi connectivity index (χ1v) is 4.72. The summed E-state index contributed by atoms with van der Waals surface area (Å²) in [6, 6.07) is 3.43. The van der Waals surface area contributed by atoms with Gasteiger partial charge in [-0.3, -0.25) is 4.98 Å². The zero-order valence-electron chi connectivity index (χ0n) is 8.61. The van der Waals surface area contributed by atoms with Gasteiger partial charge in [0.05, 0.1) is 7.11 Å². The molecule has 0 radical (unpaired) electrons. The maximum absolute atomic E-state index is 11.4. The molecule has 0 atom stereocenters. The van der Waals surface area contributed by atoms with E-state index in [1.807, 2.05) is 13.0 Å². The first-order chi connectivity index (χ1) is 7.26. The van der Waals surface area contributed by atoms with Gasteiger partial charge >= 0.3 is 5.97 Å². The molecule has 15 heavy (non-hydrogen) atoms. The summed E-state index contributed by atoms with van der Waals surface area (Å²) >= 11 is 0. The number of hydrogen-bond acceptors (Lipinski definition) is 4. The molecule has 0 saturated heterocycles. The first-order valence-electron chi connectivity index (χ1n) is 4.72. The molecule has 0 aliphatic heterocycles. The molecule has 0 unspecified atom stereocenters. The highest BCUT2D eigenvalue weighted by Crippen LogP contribution is 2.21. The van der Waals surface area contributed by atoms with Crippen molar-refractivity contribution in [1.29, 1.82) is 0 Å². The van der Waals surface area contributed by atoms with E-state index in [-0.39, 0.29) is 0 Å². The molecule has 0 aliphatic rings. The van der Waals surface area contributed by atoms with Crippen molar-refractivity contribution >= 4 is 17.1 Å². The molecule has 2 heterocycles. The molecular formula is C11H11NO3. The quantitative estimate of drug-likeness (QED) is 0.705. The minimum atomic E-state index is -0.403. The molecule has 4 heteroatoms. The van der Waals surface area contributed by atoms with Crippen molar-refractivity contribution in [2.24, 2.45) is 0 Å². The van der Waals surface area contributed by atoms with Crippen molar-refractivity contribution < 1.29 is 13.9 Å². The minimum Gasteiger partial charge on any atom is -0.465 e. The molecule has 2 aromatic rings. The number of aromatic nitrogens is 1. The van der Waals surface area contributed by atoms with Crippen LogP contribution in [-0.4, -0.2) is 18.1 Å². The Labute approximate surface area is 86.9 Å². The number of methoxy groups -OCH3 is 1. The molecule has 0 aromatic carbocycles. The van der Waals surface area contributed by atoms with Gasteiger partial charge in [-0.15, -0.1) is 0 Å². The number of fused-ring (bicyclic) bond motifs is 1. The summed E-state index contributed by atoms with van der Waals surface area (Å²) in [5.41, 5.74) is 1.61. The normalized spacial score (nSPS) is 10.5. The maximum Gasteiger partial charge on any atom is 0.341 e. The summed E-state index contributed by atoms with van der Waals surface area (Å²) in [6.07, 6.45) is 2.35. The van der Waals surface area contributed by atoms with Crippen LogP contribution in [0.5, 0.6) is 0 Å². The van der Waals surface area contributed by atoms with Gasteiger partial charge in [0.15, 0.2) is 5.58 Å². The van der Waals surface area contributed by atoms with Crippen LogP contribution in [0.2, 0.25) is 0 Å². The highest BCUT2D eigenvalue weighted by molar-refractivity contribution is 6.00. The lowest BCUT2D eigenvalue weighted by molar-refractivity contribution is 0.0601. The van der Waals surface area contributed by atoms with E-state index in [0.29, 0.717) is 16.7 Å². The van der Waals surface area contributed by atoms with Crippen molar-refractivity contribution in [3.05, 3.63) is 29.7 Å². The monoisotopic (exact) mass is 205 g/mol. The lowest BCUT2D eigenvalue weighted by Crippen LogP contribution is -2.01. The molecule has 2 rings (SSSR count). The predicted molar refractivity (Wildman–Crippen MR) is 54.7 cm³/mol. The van der Waals surface area contributed by atoms with E-state index in [2.05, 4.69) is 9.72 Å². The maximum atomic E-state index is 11.4. The van der Waals surface area contributed by atoms with Crippen LogP contribution in [0.3, 0.4) is 0 Å². The molecule has 4 nitrogen and oxygen atoms in total. The number of rotatable bonds is 2. The molecule has 0 fully saturated rings. The lowest BCUT2D eigenvalue weighted by atomic mass is 10.2. The van der Waals surface area contributed by atoms with Gasteiger partial charge in [0.1, 0.15) is 16.8 Å². The van der Waals surface area contributed by atoms with Gasteiger partial charge in [-0.05, 0) is 6.07 Å². The summed E-state index contributed by atoms with van der Waals surface area (Å²) in [5.74, 6) is 0.410. The second kappa shape index (κ2) is 3.73. The van der Waals surface area contributed by atoms with Crippen LogP contribution in [0.15, 0.2) is 22.7 Å². The van der Waals surface area contributed by atoms with E-state index in [9.17, 15) is 4.79 Å². The Morgan fingerprint density at radius 1 is 1.60 bits per heavy atom. The average molecular weight is 205 g/mol. The fourth-order valence-corrected chi connectivity index (χ4v) is 1.43. The Morgan fingerprint density at radius 3 is 3.07 bits per heavy atom. The zero-order valence-corrected chi connectivity index (χ0v) is 8.61. The van der Waals surface area contributed by atoms with Crippen molar-refractivity contribution in [3.8, 4) is 0 Å². The summed E-state index contributed by atoms with van der Waals surface area (Å²) in [5, 5.41) is 0. The molecule has 0 spiro atoms. The van der Waals surface area contributed by atoms with Crippen LogP contribution >= 0.6 is 0 Å². The third kappa shape index (κ3) is 1.58. The smallest absolute Gasteiger partial charge is 0.341 e. The van der Waals surface area contributed by atoms with Crippen molar-refractivity contribution in [3.63, 3.8) is 0 Å². The third-order valence-electron chi connectivity index (χ3n) is 2.22. The molecule has 2 aromatic heterocycles. The fourth-order valence-electron chi connectivity index (χ4n) is 1.43. The average Bonchev–Trinajstić information content (AvgIpc) is 2.70. The second-order valence-electron chi connectivity index (χ2n) is 3.13. The van der Waals surface area contributed by atoms with E-state index < -0.39 is 5.97 Å². The molecular weight excluding hydrogens is 194 g/mol. The predicted octanol–water partition coefficient (Wildman–Crippen LogP) is 2.18. The zero-order chi connectivity index (χ0) is 10.8. The number of nitrogens with zero attached hydrogens (tertiary/aromatic N) is 1. The van der Waals surface area contributed by atoms with Crippen molar-refractivity contribution in [1.82, 2.24) is 4.98 Å². The number of carbonyl (C=O) groups is 1. The summed E-state index contributed by atoms with van der Waals surface area (Å²) in [7, 11) is 1.35. The van der Waals surface area contributed by atoms with E-state index in [1.165, 1.54) is 7.11 Å². The summed E-state index contributed by atoms with van der Waals surface area (Å²) in [4.78, 5) is 15.5. The molecule has 0 saturated carbocycles. The number of esters is 1. The van der Waals surface area contributed by atoms with Crippen LogP contribution in [0, 0.1) is 0 Å². The Morgan fingerprint density at radius 2 is 2.40 bits per heavy atom. The van der Waals surface area contributed by atoms with Gasteiger partial charge < -0.3 is 9.15 Å². The summed E-state index contributed by atoms with van der Waals surface area (Å²) in [6.45, 7) is 1.98. The van der Waals surface area contributed by atoms with E-state index in [1.54, 1.807) is 12.3 Å². The number of carbonyl (C=O) groups excluding carboxylic acids is 1. The van der Waals surface area contributed by atoms with Gasteiger partial charge in [0, 0.05) is 18.7 Å². The largest absolute Gasteiger partial charge is 0.465 e. The van der Waals surface area contributed by atoms with Crippen LogP contribution in [0.25, 0.3) is 11.1 Å². The van der Waals surface area contributed by atoms with Gasteiger partial charge in [-0.25, -0.2) is 4.79 Å². The highest BCUT2D eigenvalue weighted by atomic mass is 16.5. The second-order valence-corrected chi connectivity index (χ2v) is 3.13. The Balaban J connectivity index is 2.64. The van der Waals surface area contributed by atoms with Crippen LogP contribution in [0.4, 0.5) is 0 Å². The number of hydrogen-bond donors (Lipinski definition) is 0. The fraction of sp³-hybridized carbons (Fsp3) is 0.273. The van der Waals surface area contributed by atoms with Gasteiger partial charge in [-0.2, -0.15) is 0 Å². The Bertz CT molecular complexity index is 502.